The van der Waals surface area contributed by atoms with E-state index in [0.717, 1.165) is 18.2 Å². The van der Waals surface area contributed by atoms with E-state index in [-0.39, 0.29) is 27.7 Å². The highest BCUT2D eigenvalue weighted by Crippen LogP contribution is 2.32. The molecule has 0 saturated heterocycles. The van der Waals surface area contributed by atoms with Crippen LogP contribution in [0.1, 0.15) is 21.7 Å². The molecule has 158 valence electrons. The number of aryl methyl sites for hydroxylation is 1. The number of carbonyl (C=O) groups is 1. The largest absolute Gasteiger partial charge is 0.416 e. The lowest BCUT2D eigenvalue weighted by molar-refractivity contribution is -0.137. The molecule has 0 bridgehead atoms. The molecule has 0 aliphatic rings. The fourth-order valence-corrected chi connectivity index (χ4v) is 3.78. The van der Waals surface area contributed by atoms with E-state index < -0.39 is 32.6 Å². The molecule has 0 unspecified atom stereocenters. The van der Waals surface area contributed by atoms with Gasteiger partial charge in [0, 0.05) is 5.69 Å². The summed E-state index contributed by atoms with van der Waals surface area (Å²) < 4.78 is 70.7. The van der Waals surface area contributed by atoms with Gasteiger partial charge in [0.1, 0.15) is 11.3 Å². The van der Waals surface area contributed by atoms with Gasteiger partial charge in [-0.3, -0.25) is 9.52 Å². The lowest BCUT2D eigenvalue weighted by Gasteiger charge is -2.13. The zero-order valence-corrected chi connectivity index (χ0v) is 16.7. The number of hydrogen-bond donors (Lipinski definition) is 2. The minimum absolute atomic E-state index is 0.0234. The number of amides is 1. The third-order valence-electron chi connectivity index (χ3n) is 3.94. The van der Waals surface area contributed by atoms with Gasteiger partial charge in [-0.2, -0.15) is 13.2 Å². The van der Waals surface area contributed by atoms with Gasteiger partial charge in [0.2, 0.25) is 0 Å². The van der Waals surface area contributed by atoms with E-state index >= 15 is 0 Å². The number of nitrogens with one attached hydrogen (secondary N) is 2. The van der Waals surface area contributed by atoms with Gasteiger partial charge in [0.15, 0.2) is 0 Å². The van der Waals surface area contributed by atoms with Crippen molar-refractivity contribution in [1.29, 1.82) is 0 Å². The highest BCUT2D eigenvalue weighted by atomic mass is 35.5. The van der Waals surface area contributed by atoms with Crippen LogP contribution in [-0.2, 0) is 16.2 Å². The highest BCUT2D eigenvalue weighted by molar-refractivity contribution is 7.92. The van der Waals surface area contributed by atoms with Crippen LogP contribution < -0.4 is 10.0 Å². The maximum Gasteiger partial charge on any atom is 0.416 e. The summed E-state index contributed by atoms with van der Waals surface area (Å²) in [5, 5.41) is 6.00. The maximum atomic E-state index is 12.9. The van der Waals surface area contributed by atoms with Crippen molar-refractivity contribution in [1.82, 2.24) is 5.16 Å². The number of rotatable bonds is 5. The quantitative estimate of drug-likeness (QED) is 0.575. The Balaban J connectivity index is 1.87. The molecule has 0 fully saturated rings. The molecule has 3 rings (SSSR count). The van der Waals surface area contributed by atoms with E-state index in [0.29, 0.717) is 6.07 Å². The molecule has 0 aliphatic carbocycles. The molecular formula is C18H13ClF3N3O4S. The monoisotopic (exact) mass is 459 g/mol. The Morgan fingerprint density at radius 2 is 1.90 bits per heavy atom. The molecule has 0 radical (unpaired) electrons. The standard InChI is InChI=1S/C18H13ClF3N3O4S/c1-10-14(9-23-29-10)17(26)24-12-5-6-15(19)16(8-12)25-30(27,28)13-4-2-3-11(7-13)18(20,21)22/h2-9,25H,1H3,(H,24,26). The van der Waals surface area contributed by atoms with E-state index in [9.17, 15) is 26.4 Å². The van der Waals surface area contributed by atoms with E-state index in [1.54, 1.807) is 6.92 Å². The number of anilines is 2. The normalized spacial score (nSPS) is 11.9. The summed E-state index contributed by atoms with van der Waals surface area (Å²) in [6, 6.07) is 7.25. The van der Waals surface area contributed by atoms with Crippen molar-refractivity contribution in [2.45, 2.75) is 18.0 Å². The number of nitrogens with zero attached hydrogens (tertiary/aromatic N) is 1. The fraction of sp³-hybridized carbons (Fsp3) is 0.111. The molecule has 1 aromatic heterocycles. The number of alkyl halides is 3. The smallest absolute Gasteiger partial charge is 0.361 e. The average Bonchev–Trinajstić information content (AvgIpc) is 3.10. The Hall–Kier alpha value is -3.05. The predicted octanol–water partition coefficient (Wildman–Crippen LogP) is 4.71. The van der Waals surface area contributed by atoms with Crippen molar-refractivity contribution in [2.75, 3.05) is 10.0 Å². The molecule has 3 aromatic rings. The van der Waals surface area contributed by atoms with Crippen LogP contribution in [0.3, 0.4) is 0 Å². The minimum atomic E-state index is -4.70. The second kappa shape index (κ2) is 8.00. The molecule has 1 amide bonds. The van der Waals surface area contributed by atoms with Crippen LogP contribution in [0.4, 0.5) is 24.5 Å². The van der Waals surface area contributed by atoms with Crippen LogP contribution in [0.25, 0.3) is 0 Å². The van der Waals surface area contributed by atoms with Crippen molar-refractivity contribution in [3.8, 4) is 0 Å². The molecule has 0 spiro atoms. The number of hydrogen-bond acceptors (Lipinski definition) is 5. The third-order valence-corrected chi connectivity index (χ3v) is 5.63. The zero-order valence-electron chi connectivity index (χ0n) is 15.1. The van der Waals surface area contributed by atoms with Crippen LogP contribution in [-0.4, -0.2) is 19.5 Å². The van der Waals surface area contributed by atoms with Gasteiger partial charge in [0.25, 0.3) is 15.9 Å². The van der Waals surface area contributed by atoms with Crippen LogP contribution in [0.15, 0.2) is 58.1 Å². The Morgan fingerprint density at radius 1 is 1.17 bits per heavy atom. The molecule has 1 heterocycles. The van der Waals surface area contributed by atoms with Gasteiger partial charge >= 0.3 is 6.18 Å². The molecule has 2 aromatic carbocycles. The van der Waals surface area contributed by atoms with E-state index in [2.05, 4.69) is 15.2 Å². The van der Waals surface area contributed by atoms with Crippen LogP contribution >= 0.6 is 11.6 Å². The molecule has 0 atom stereocenters. The Bertz CT molecular complexity index is 1210. The lowest BCUT2D eigenvalue weighted by Crippen LogP contribution is -2.16. The third kappa shape index (κ3) is 4.74. The SMILES string of the molecule is Cc1oncc1C(=O)Nc1ccc(Cl)c(NS(=O)(=O)c2cccc(C(F)(F)F)c2)c1. The Labute approximate surface area is 173 Å². The Kier molecular flexibility index (Phi) is 5.77. The summed E-state index contributed by atoms with van der Waals surface area (Å²) in [6.45, 7) is 1.54. The van der Waals surface area contributed by atoms with Gasteiger partial charge in [-0.15, -0.1) is 0 Å². The topological polar surface area (TPSA) is 101 Å². The van der Waals surface area contributed by atoms with Crippen LogP contribution in [0, 0.1) is 6.92 Å². The minimum Gasteiger partial charge on any atom is -0.361 e. The van der Waals surface area contributed by atoms with Gasteiger partial charge in [0.05, 0.1) is 27.4 Å². The first-order valence-electron chi connectivity index (χ1n) is 8.19. The molecule has 2 N–H and O–H groups in total. The summed E-state index contributed by atoms with van der Waals surface area (Å²) in [5.41, 5.74) is -0.877. The van der Waals surface area contributed by atoms with E-state index in [1.807, 2.05) is 0 Å². The summed E-state index contributed by atoms with van der Waals surface area (Å²) in [7, 11) is -4.39. The predicted molar refractivity (Wildman–Crippen MR) is 103 cm³/mol. The lowest BCUT2D eigenvalue weighted by atomic mass is 10.2. The second-order valence-corrected chi connectivity index (χ2v) is 8.17. The summed E-state index contributed by atoms with van der Waals surface area (Å²) in [6.07, 6.45) is -3.48. The molecular weight excluding hydrogens is 447 g/mol. The van der Waals surface area contributed by atoms with Crippen molar-refractivity contribution in [3.05, 3.63) is 70.6 Å². The summed E-state index contributed by atoms with van der Waals surface area (Å²) in [5.74, 6) is -0.269. The zero-order chi connectivity index (χ0) is 22.1. The number of sulfonamides is 1. The van der Waals surface area contributed by atoms with E-state index in [1.165, 1.54) is 24.4 Å². The number of aromatic nitrogens is 1. The number of halogens is 4. The first-order valence-corrected chi connectivity index (χ1v) is 10.1. The molecule has 12 heteroatoms. The molecule has 0 saturated carbocycles. The van der Waals surface area contributed by atoms with Crippen molar-refractivity contribution in [2.24, 2.45) is 0 Å². The maximum absolute atomic E-state index is 12.9. The second-order valence-electron chi connectivity index (χ2n) is 6.08. The first-order chi connectivity index (χ1) is 14.0. The average molecular weight is 460 g/mol. The fourth-order valence-electron chi connectivity index (χ4n) is 2.44. The first kappa shape index (κ1) is 21.7. The van der Waals surface area contributed by atoms with Gasteiger partial charge < -0.3 is 9.84 Å². The van der Waals surface area contributed by atoms with Gasteiger partial charge in [-0.25, -0.2) is 8.42 Å². The van der Waals surface area contributed by atoms with Crippen LogP contribution in [0.5, 0.6) is 0 Å². The highest BCUT2D eigenvalue weighted by Gasteiger charge is 2.31. The van der Waals surface area contributed by atoms with E-state index in [4.69, 9.17) is 16.1 Å². The van der Waals surface area contributed by atoms with Crippen LogP contribution in [0.2, 0.25) is 5.02 Å². The molecule has 7 nitrogen and oxygen atoms in total. The Morgan fingerprint density at radius 3 is 2.53 bits per heavy atom. The van der Waals surface area contributed by atoms with Gasteiger partial charge in [-0.1, -0.05) is 22.8 Å². The number of benzene rings is 2. The molecule has 0 aliphatic heterocycles. The summed E-state index contributed by atoms with van der Waals surface area (Å²) in [4.78, 5) is 11.6. The number of carbonyl (C=O) groups excluding carboxylic acids is 1. The van der Waals surface area contributed by atoms with Crippen molar-refractivity contribution < 1.29 is 30.9 Å². The molecule has 30 heavy (non-hydrogen) atoms. The summed E-state index contributed by atoms with van der Waals surface area (Å²) >= 11 is 6.01. The van der Waals surface area contributed by atoms with Gasteiger partial charge in [-0.05, 0) is 43.3 Å². The van der Waals surface area contributed by atoms with Crippen molar-refractivity contribution >= 4 is 38.9 Å². The van der Waals surface area contributed by atoms with Crippen molar-refractivity contribution in [3.63, 3.8) is 0 Å².